The molecule has 0 radical (unpaired) electrons. The largest absolute Gasteiger partial charge is 0.306 e. The van der Waals surface area contributed by atoms with Gasteiger partial charge in [0.1, 0.15) is 0 Å². The van der Waals surface area contributed by atoms with Crippen molar-refractivity contribution in [2.75, 3.05) is 0 Å². The van der Waals surface area contributed by atoms with Crippen LogP contribution in [0.15, 0.2) is 60.9 Å². The van der Waals surface area contributed by atoms with Crippen molar-refractivity contribution in [2.45, 2.75) is 19.5 Å². The molecule has 3 aromatic rings. The molecule has 3 rings (SSSR count). The molecule has 0 amide bonds. The van der Waals surface area contributed by atoms with Gasteiger partial charge in [0.05, 0.1) is 0 Å². The number of pyridine rings is 1. The Morgan fingerprint density at radius 2 is 1.95 bits per heavy atom. The molecule has 2 nitrogen and oxygen atoms in total. The molecular formula is C18H17ClN2. The van der Waals surface area contributed by atoms with E-state index < -0.39 is 0 Å². The lowest BCUT2D eigenvalue weighted by atomic mass is 10.1. The molecule has 0 aliphatic carbocycles. The van der Waals surface area contributed by atoms with Crippen molar-refractivity contribution in [1.29, 1.82) is 0 Å². The third kappa shape index (κ3) is 3.23. The van der Waals surface area contributed by atoms with E-state index in [4.69, 9.17) is 11.6 Å². The molecule has 21 heavy (non-hydrogen) atoms. The van der Waals surface area contributed by atoms with E-state index in [1.165, 1.54) is 21.9 Å². The van der Waals surface area contributed by atoms with Gasteiger partial charge in [0.15, 0.2) is 0 Å². The van der Waals surface area contributed by atoms with Crippen LogP contribution in [0.4, 0.5) is 0 Å². The zero-order chi connectivity index (χ0) is 14.7. The van der Waals surface area contributed by atoms with Crippen molar-refractivity contribution in [3.05, 3.63) is 77.1 Å². The van der Waals surface area contributed by atoms with Crippen LogP contribution in [0, 0.1) is 0 Å². The average Bonchev–Trinajstić information content (AvgIpc) is 2.52. The smallest absolute Gasteiger partial charge is 0.0409 e. The molecule has 0 saturated carbocycles. The van der Waals surface area contributed by atoms with Gasteiger partial charge in [0, 0.05) is 35.4 Å². The van der Waals surface area contributed by atoms with Crippen LogP contribution in [0.25, 0.3) is 10.8 Å². The van der Waals surface area contributed by atoms with E-state index in [1.807, 2.05) is 36.7 Å². The molecule has 1 N–H and O–H groups in total. The van der Waals surface area contributed by atoms with E-state index in [-0.39, 0.29) is 6.04 Å². The van der Waals surface area contributed by atoms with E-state index in [0.29, 0.717) is 0 Å². The van der Waals surface area contributed by atoms with Crippen molar-refractivity contribution in [1.82, 2.24) is 10.3 Å². The lowest BCUT2D eigenvalue weighted by Gasteiger charge is -2.15. The normalized spacial score (nSPS) is 12.5. The zero-order valence-electron chi connectivity index (χ0n) is 11.9. The first kappa shape index (κ1) is 14.1. The highest BCUT2D eigenvalue weighted by molar-refractivity contribution is 6.30. The summed E-state index contributed by atoms with van der Waals surface area (Å²) in [4.78, 5) is 4.32. The number of aromatic nitrogens is 1. The fourth-order valence-corrected chi connectivity index (χ4v) is 2.68. The predicted octanol–water partition coefficient (Wildman–Crippen LogP) is 4.74. The van der Waals surface area contributed by atoms with Crippen LogP contribution in [-0.2, 0) is 6.54 Å². The predicted molar refractivity (Wildman–Crippen MR) is 88.4 cm³/mol. The van der Waals surface area contributed by atoms with E-state index in [0.717, 1.165) is 11.6 Å². The summed E-state index contributed by atoms with van der Waals surface area (Å²) in [5.74, 6) is 0. The maximum Gasteiger partial charge on any atom is 0.0409 e. The quantitative estimate of drug-likeness (QED) is 0.752. The second-order valence-electron chi connectivity index (χ2n) is 5.18. The molecule has 0 aliphatic heterocycles. The van der Waals surface area contributed by atoms with Gasteiger partial charge in [-0.1, -0.05) is 48.0 Å². The summed E-state index contributed by atoms with van der Waals surface area (Å²) in [6.45, 7) is 2.92. The molecule has 1 atom stereocenters. The number of hydrogen-bond acceptors (Lipinski definition) is 2. The molecule has 106 valence electrons. The van der Waals surface area contributed by atoms with Crippen LogP contribution in [0.3, 0.4) is 0 Å². The number of nitrogens with zero attached hydrogens (tertiary/aromatic N) is 1. The minimum Gasteiger partial charge on any atom is -0.306 e. The Kier molecular flexibility index (Phi) is 4.18. The minimum atomic E-state index is 0.239. The number of fused-ring (bicyclic) bond motifs is 1. The summed E-state index contributed by atoms with van der Waals surface area (Å²) in [7, 11) is 0. The molecule has 2 aromatic carbocycles. The van der Waals surface area contributed by atoms with E-state index in [2.05, 4.69) is 41.5 Å². The molecule has 1 heterocycles. The second-order valence-corrected chi connectivity index (χ2v) is 5.61. The lowest BCUT2D eigenvalue weighted by molar-refractivity contribution is 0.576. The van der Waals surface area contributed by atoms with Gasteiger partial charge in [0.25, 0.3) is 0 Å². The van der Waals surface area contributed by atoms with Gasteiger partial charge in [-0.3, -0.25) is 4.98 Å². The summed E-state index contributed by atoms with van der Waals surface area (Å²) >= 11 is 6.05. The molecule has 0 saturated heterocycles. The van der Waals surface area contributed by atoms with Crippen molar-refractivity contribution < 1.29 is 0 Å². The first-order valence-corrected chi connectivity index (χ1v) is 7.42. The Labute approximate surface area is 129 Å². The molecule has 0 spiro atoms. The third-order valence-electron chi connectivity index (χ3n) is 3.70. The number of nitrogens with one attached hydrogen (secondary N) is 1. The second kappa shape index (κ2) is 6.25. The SMILES string of the molecule is CC(NCc1cncc2ccccc12)c1cccc(Cl)c1. The minimum absolute atomic E-state index is 0.239. The molecule has 0 fully saturated rings. The van der Waals surface area contributed by atoms with Gasteiger partial charge in [-0.15, -0.1) is 0 Å². The van der Waals surface area contributed by atoms with Crippen LogP contribution in [0.1, 0.15) is 24.1 Å². The van der Waals surface area contributed by atoms with Gasteiger partial charge in [0.2, 0.25) is 0 Å². The first-order chi connectivity index (χ1) is 10.2. The van der Waals surface area contributed by atoms with E-state index in [1.54, 1.807) is 0 Å². The van der Waals surface area contributed by atoms with Crippen molar-refractivity contribution in [2.24, 2.45) is 0 Å². The molecular weight excluding hydrogens is 280 g/mol. The summed E-state index contributed by atoms with van der Waals surface area (Å²) in [6, 6.07) is 16.5. The van der Waals surface area contributed by atoms with Gasteiger partial charge >= 0.3 is 0 Å². The Bertz CT molecular complexity index is 750. The van der Waals surface area contributed by atoms with Crippen LogP contribution in [0.2, 0.25) is 5.02 Å². The molecule has 1 unspecified atom stereocenters. The summed E-state index contributed by atoms with van der Waals surface area (Å²) in [5, 5.41) is 6.73. The highest BCUT2D eigenvalue weighted by Gasteiger charge is 2.07. The summed E-state index contributed by atoms with van der Waals surface area (Å²) in [5.41, 5.74) is 2.40. The number of halogens is 1. The fourth-order valence-electron chi connectivity index (χ4n) is 2.48. The molecule has 0 bridgehead atoms. The zero-order valence-corrected chi connectivity index (χ0v) is 12.6. The Morgan fingerprint density at radius 1 is 1.10 bits per heavy atom. The number of rotatable bonds is 4. The molecule has 1 aromatic heterocycles. The van der Waals surface area contributed by atoms with Gasteiger partial charge < -0.3 is 5.32 Å². The van der Waals surface area contributed by atoms with Gasteiger partial charge in [-0.2, -0.15) is 0 Å². The Hall–Kier alpha value is -1.90. The van der Waals surface area contributed by atoms with Crippen LogP contribution < -0.4 is 5.32 Å². The highest BCUT2D eigenvalue weighted by atomic mass is 35.5. The standard InChI is InChI=1S/C18H17ClN2/c1-13(14-6-4-7-17(19)9-14)21-12-16-11-20-10-15-5-2-3-8-18(15)16/h2-11,13,21H,12H2,1H3. The molecule has 0 aliphatic rings. The van der Waals surface area contributed by atoms with E-state index in [9.17, 15) is 0 Å². The Morgan fingerprint density at radius 3 is 2.81 bits per heavy atom. The van der Waals surface area contributed by atoms with Gasteiger partial charge in [-0.25, -0.2) is 0 Å². The van der Waals surface area contributed by atoms with Crippen molar-refractivity contribution >= 4 is 22.4 Å². The number of benzene rings is 2. The van der Waals surface area contributed by atoms with E-state index >= 15 is 0 Å². The monoisotopic (exact) mass is 296 g/mol. The average molecular weight is 297 g/mol. The summed E-state index contributed by atoms with van der Waals surface area (Å²) < 4.78 is 0. The molecule has 3 heteroatoms. The highest BCUT2D eigenvalue weighted by Crippen LogP contribution is 2.20. The third-order valence-corrected chi connectivity index (χ3v) is 3.93. The Balaban J connectivity index is 1.77. The number of hydrogen-bond donors (Lipinski definition) is 1. The van der Waals surface area contributed by atoms with Crippen LogP contribution in [0.5, 0.6) is 0 Å². The van der Waals surface area contributed by atoms with Crippen LogP contribution >= 0.6 is 11.6 Å². The van der Waals surface area contributed by atoms with Crippen molar-refractivity contribution in [3.63, 3.8) is 0 Å². The maximum atomic E-state index is 6.05. The first-order valence-electron chi connectivity index (χ1n) is 7.04. The van der Waals surface area contributed by atoms with Crippen LogP contribution in [-0.4, -0.2) is 4.98 Å². The fraction of sp³-hybridized carbons (Fsp3) is 0.167. The van der Waals surface area contributed by atoms with Crippen molar-refractivity contribution in [3.8, 4) is 0 Å². The maximum absolute atomic E-state index is 6.05. The lowest BCUT2D eigenvalue weighted by Crippen LogP contribution is -2.18. The van der Waals surface area contributed by atoms with Gasteiger partial charge in [-0.05, 0) is 35.6 Å². The topological polar surface area (TPSA) is 24.9 Å². The summed E-state index contributed by atoms with van der Waals surface area (Å²) in [6.07, 6.45) is 3.83.